The zero-order valence-electron chi connectivity index (χ0n) is 14.7. The van der Waals surface area contributed by atoms with Gasteiger partial charge in [0, 0.05) is 0 Å². The molecule has 0 aliphatic carbocycles. The minimum atomic E-state index is -4.61. The molecule has 0 aliphatic rings. The van der Waals surface area contributed by atoms with Crippen LogP contribution in [-0.4, -0.2) is 25.1 Å². The number of para-hydroxylation sites is 1. The van der Waals surface area contributed by atoms with Gasteiger partial charge in [0.15, 0.2) is 13.2 Å². The third kappa shape index (κ3) is 6.32. The number of halogens is 3. The smallest absolute Gasteiger partial charge is 0.418 e. The lowest BCUT2D eigenvalue weighted by molar-refractivity contribution is -0.149. The molecule has 0 aliphatic heterocycles. The Morgan fingerprint density at radius 2 is 1.63 bits per heavy atom. The Bertz CT molecular complexity index is 814. The Hall–Kier alpha value is -3.03. The highest BCUT2D eigenvalue weighted by Crippen LogP contribution is 2.34. The Balaban J connectivity index is 1.84. The van der Waals surface area contributed by atoms with Crippen LogP contribution >= 0.6 is 0 Å². The molecule has 2 rings (SSSR count). The van der Waals surface area contributed by atoms with Crippen molar-refractivity contribution in [3.8, 4) is 5.75 Å². The van der Waals surface area contributed by atoms with E-state index >= 15 is 0 Å². The minimum absolute atomic E-state index is 0.405. The van der Waals surface area contributed by atoms with Crippen LogP contribution in [0.4, 0.5) is 18.9 Å². The summed E-state index contributed by atoms with van der Waals surface area (Å²) in [6.07, 6.45) is -4.61. The van der Waals surface area contributed by atoms with Crippen LogP contribution in [0.15, 0.2) is 42.5 Å². The number of hydrogen-bond donors (Lipinski definition) is 1. The van der Waals surface area contributed by atoms with Gasteiger partial charge in [0.05, 0.1) is 11.3 Å². The predicted molar refractivity (Wildman–Crippen MR) is 92.4 cm³/mol. The first-order valence-corrected chi connectivity index (χ1v) is 7.98. The van der Waals surface area contributed by atoms with E-state index in [0.29, 0.717) is 5.75 Å². The van der Waals surface area contributed by atoms with E-state index in [4.69, 9.17) is 9.47 Å². The first-order valence-electron chi connectivity index (χ1n) is 7.98. The van der Waals surface area contributed by atoms with Crippen molar-refractivity contribution in [2.45, 2.75) is 20.0 Å². The van der Waals surface area contributed by atoms with Crippen LogP contribution in [0.1, 0.15) is 16.7 Å². The second kappa shape index (κ2) is 8.57. The van der Waals surface area contributed by atoms with Crippen LogP contribution in [-0.2, 0) is 20.5 Å². The molecule has 0 heterocycles. The van der Waals surface area contributed by atoms with Crippen molar-refractivity contribution in [3.05, 3.63) is 59.2 Å². The van der Waals surface area contributed by atoms with Crippen molar-refractivity contribution in [3.63, 3.8) is 0 Å². The maximum Gasteiger partial charge on any atom is 0.418 e. The van der Waals surface area contributed by atoms with E-state index in [9.17, 15) is 22.8 Å². The van der Waals surface area contributed by atoms with Gasteiger partial charge in [0.1, 0.15) is 5.75 Å². The fraction of sp³-hybridized carbons (Fsp3) is 0.263. The first kappa shape index (κ1) is 20.3. The van der Waals surface area contributed by atoms with Gasteiger partial charge in [0.25, 0.3) is 5.91 Å². The summed E-state index contributed by atoms with van der Waals surface area (Å²) in [5.41, 5.74) is 0.530. The Morgan fingerprint density at radius 1 is 1.00 bits per heavy atom. The number of amides is 1. The number of anilines is 1. The first-order chi connectivity index (χ1) is 12.6. The molecule has 0 saturated carbocycles. The molecule has 5 nitrogen and oxygen atoms in total. The van der Waals surface area contributed by atoms with Gasteiger partial charge in [-0.15, -0.1) is 0 Å². The van der Waals surface area contributed by atoms with Crippen molar-refractivity contribution in [1.82, 2.24) is 0 Å². The Morgan fingerprint density at radius 3 is 2.26 bits per heavy atom. The van der Waals surface area contributed by atoms with Gasteiger partial charge in [0.2, 0.25) is 0 Å². The number of nitrogens with one attached hydrogen (secondary N) is 1. The summed E-state index contributed by atoms with van der Waals surface area (Å²) in [4.78, 5) is 23.4. The maximum atomic E-state index is 12.9. The second-order valence-corrected chi connectivity index (χ2v) is 5.86. The maximum absolute atomic E-state index is 12.9. The monoisotopic (exact) mass is 381 g/mol. The van der Waals surface area contributed by atoms with E-state index in [1.54, 1.807) is 12.1 Å². The molecule has 0 saturated heterocycles. The molecule has 2 aromatic carbocycles. The summed E-state index contributed by atoms with van der Waals surface area (Å²) in [6, 6.07) is 9.94. The summed E-state index contributed by atoms with van der Waals surface area (Å²) in [5.74, 6) is -1.21. The topological polar surface area (TPSA) is 64.6 Å². The number of esters is 1. The van der Waals surface area contributed by atoms with Crippen molar-refractivity contribution < 1.29 is 32.2 Å². The molecule has 0 aromatic heterocycles. The number of carbonyl (C=O) groups is 2. The van der Waals surface area contributed by atoms with Crippen LogP contribution < -0.4 is 10.1 Å². The highest BCUT2D eigenvalue weighted by molar-refractivity contribution is 5.93. The van der Waals surface area contributed by atoms with Crippen molar-refractivity contribution >= 4 is 17.6 Å². The quantitative estimate of drug-likeness (QED) is 0.772. The predicted octanol–water partition coefficient (Wildman–Crippen LogP) is 3.88. The van der Waals surface area contributed by atoms with Gasteiger partial charge in [-0.25, -0.2) is 4.79 Å². The molecule has 27 heavy (non-hydrogen) atoms. The second-order valence-electron chi connectivity index (χ2n) is 5.86. The molecule has 8 heteroatoms. The van der Waals surface area contributed by atoms with E-state index in [-0.39, 0.29) is 0 Å². The number of rotatable bonds is 6. The molecule has 0 spiro atoms. The van der Waals surface area contributed by atoms with E-state index in [1.165, 1.54) is 12.1 Å². The molecule has 0 bridgehead atoms. The van der Waals surface area contributed by atoms with Crippen LogP contribution in [0.2, 0.25) is 0 Å². The van der Waals surface area contributed by atoms with Crippen molar-refractivity contribution in [1.29, 1.82) is 0 Å². The van der Waals surface area contributed by atoms with E-state index < -0.39 is 42.5 Å². The number of aryl methyl sites for hydroxylation is 2. The third-order valence-electron chi connectivity index (χ3n) is 3.42. The Labute approximate surface area is 154 Å². The van der Waals surface area contributed by atoms with Gasteiger partial charge in [-0.2, -0.15) is 13.2 Å². The largest absolute Gasteiger partial charge is 0.482 e. The Kier molecular flexibility index (Phi) is 6.44. The van der Waals surface area contributed by atoms with Gasteiger partial charge in [-0.1, -0.05) is 18.2 Å². The van der Waals surface area contributed by atoms with E-state index in [0.717, 1.165) is 23.3 Å². The molecular formula is C19H18F3NO4. The zero-order valence-corrected chi connectivity index (χ0v) is 14.7. The van der Waals surface area contributed by atoms with Gasteiger partial charge < -0.3 is 14.8 Å². The summed E-state index contributed by atoms with van der Waals surface area (Å²) in [6.45, 7) is 2.61. The molecule has 144 valence electrons. The minimum Gasteiger partial charge on any atom is -0.482 e. The lowest BCUT2D eigenvalue weighted by Crippen LogP contribution is -2.24. The number of ether oxygens (including phenoxy) is 2. The van der Waals surface area contributed by atoms with Gasteiger partial charge in [-0.3, -0.25) is 4.79 Å². The fourth-order valence-corrected chi connectivity index (χ4v) is 2.37. The molecule has 1 amide bonds. The van der Waals surface area contributed by atoms with Crippen LogP contribution in [0.5, 0.6) is 5.75 Å². The van der Waals surface area contributed by atoms with Gasteiger partial charge >= 0.3 is 12.1 Å². The van der Waals surface area contributed by atoms with Crippen LogP contribution in [0, 0.1) is 13.8 Å². The molecule has 2 aromatic rings. The molecule has 0 radical (unpaired) electrons. The highest BCUT2D eigenvalue weighted by atomic mass is 19.4. The molecule has 0 fully saturated rings. The van der Waals surface area contributed by atoms with Crippen LogP contribution in [0.25, 0.3) is 0 Å². The van der Waals surface area contributed by atoms with Crippen molar-refractivity contribution in [2.24, 2.45) is 0 Å². The standard InChI is InChI=1S/C19H18F3NO4/c1-12-7-13(2)9-14(8-12)26-11-18(25)27-10-17(24)23-16-6-4-3-5-15(16)19(20,21)22/h3-9H,10-11H2,1-2H3,(H,23,24). The number of carbonyl (C=O) groups excluding carboxylic acids is 2. The van der Waals surface area contributed by atoms with Crippen LogP contribution in [0.3, 0.4) is 0 Å². The third-order valence-corrected chi connectivity index (χ3v) is 3.42. The number of benzene rings is 2. The summed E-state index contributed by atoms with van der Waals surface area (Å²) in [7, 11) is 0. The average molecular weight is 381 g/mol. The summed E-state index contributed by atoms with van der Waals surface area (Å²) in [5, 5.41) is 2.08. The number of alkyl halides is 3. The lowest BCUT2D eigenvalue weighted by atomic mass is 10.1. The molecule has 1 N–H and O–H groups in total. The number of hydrogen-bond acceptors (Lipinski definition) is 4. The molecule has 0 atom stereocenters. The van der Waals surface area contributed by atoms with Gasteiger partial charge in [-0.05, 0) is 49.2 Å². The fourth-order valence-electron chi connectivity index (χ4n) is 2.37. The normalized spacial score (nSPS) is 11.0. The van der Waals surface area contributed by atoms with E-state index in [1.807, 2.05) is 19.9 Å². The van der Waals surface area contributed by atoms with Crippen molar-refractivity contribution in [2.75, 3.05) is 18.5 Å². The zero-order chi connectivity index (χ0) is 20.0. The lowest BCUT2D eigenvalue weighted by Gasteiger charge is -2.13. The highest BCUT2D eigenvalue weighted by Gasteiger charge is 2.33. The summed E-state index contributed by atoms with van der Waals surface area (Å²) >= 11 is 0. The molecular weight excluding hydrogens is 363 g/mol. The summed E-state index contributed by atoms with van der Waals surface area (Å²) < 4.78 is 48.6. The van der Waals surface area contributed by atoms with E-state index in [2.05, 4.69) is 5.32 Å². The average Bonchev–Trinajstić information content (AvgIpc) is 2.57. The SMILES string of the molecule is Cc1cc(C)cc(OCC(=O)OCC(=O)Nc2ccccc2C(F)(F)F)c1. The molecule has 0 unspecified atom stereocenters.